The number of hydrogen-bond acceptors (Lipinski definition) is 5. The minimum absolute atomic E-state index is 0.0348. The molecule has 0 unspecified atom stereocenters. The number of benzene rings is 1. The number of hydrogen-bond donors (Lipinski definition) is 2. The average Bonchev–Trinajstić information content (AvgIpc) is 2.47. The molecule has 0 amide bonds. The molecule has 112 valence electrons. The lowest BCUT2D eigenvalue weighted by molar-refractivity contribution is -0.384. The fraction of sp³-hybridized carbons (Fsp3) is 0.385. The molecule has 0 atom stereocenters. The third-order valence-electron chi connectivity index (χ3n) is 3.30. The summed E-state index contributed by atoms with van der Waals surface area (Å²) >= 11 is 4.67. The number of anilines is 1. The maximum Gasteiger partial charge on any atom is 0.270 e. The lowest BCUT2D eigenvalue weighted by Gasteiger charge is -2.29. The quantitative estimate of drug-likeness (QED) is 0.381. The SMILES string of the molecule is NC(=S)N/N=C\c1cc([N+](=O)[O-])ccc1N1CCCCC1. The summed E-state index contributed by atoms with van der Waals surface area (Å²) in [5.41, 5.74) is 9.42. The minimum atomic E-state index is -0.418. The summed E-state index contributed by atoms with van der Waals surface area (Å²) in [6.07, 6.45) is 4.98. The van der Waals surface area contributed by atoms with Crippen molar-refractivity contribution >= 4 is 34.9 Å². The van der Waals surface area contributed by atoms with E-state index in [0.29, 0.717) is 5.56 Å². The molecule has 0 radical (unpaired) electrons. The molecule has 8 heteroatoms. The van der Waals surface area contributed by atoms with E-state index in [9.17, 15) is 10.1 Å². The van der Waals surface area contributed by atoms with Crippen LogP contribution in [0.5, 0.6) is 0 Å². The Morgan fingerprint density at radius 2 is 2.14 bits per heavy atom. The first-order valence-electron chi connectivity index (χ1n) is 6.70. The van der Waals surface area contributed by atoms with E-state index in [-0.39, 0.29) is 10.8 Å². The third-order valence-corrected chi connectivity index (χ3v) is 3.39. The molecule has 1 aromatic carbocycles. The molecule has 0 aliphatic carbocycles. The normalized spacial score (nSPS) is 15.1. The highest BCUT2D eigenvalue weighted by molar-refractivity contribution is 7.80. The summed E-state index contributed by atoms with van der Waals surface area (Å²) in [6.45, 7) is 1.89. The van der Waals surface area contributed by atoms with Crippen LogP contribution in [0.2, 0.25) is 0 Å². The van der Waals surface area contributed by atoms with Gasteiger partial charge in [0.2, 0.25) is 0 Å². The Kier molecular flexibility index (Phi) is 5.04. The van der Waals surface area contributed by atoms with Crippen molar-refractivity contribution in [2.75, 3.05) is 18.0 Å². The molecule has 3 N–H and O–H groups in total. The predicted molar refractivity (Wildman–Crippen MR) is 86.7 cm³/mol. The summed E-state index contributed by atoms with van der Waals surface area (Å²) < 4.78 is 0. The van der Waals surface area contributed by atoms with E-state index in [2.05, 4.69) is 27.6 Å². The summed E-state index contributed by atoms with van der Waals surface area (Å²) in [7, 11) is 0. The Morgan fingerprint density at radius 1 is 1.43 bits per heavy atom. The first kappa shape index (κ1) is 15.2. The van der Waals surface area contributed by atoms with Crippen LogP contribution in [0.3, 0.4) is 0 Å². The van der Waals surface area contributed by atoms with E-state index in [1.807, 2.05) is 0 Å². The lowest BCUT2D eigenvalue weighted by Crippen LogP contribution is -2.30. The van der Waals surface area contributed by atoms with Crippen molar-refractivity contribution in [2.24, 2.45) is 10.8 Å². The van der Waals surface area contributed by atoms with E-state index < -0.39 is 4.92 Å². The van der Waals surface area contributed by atoms with Gasteiger partial charge in [-0.15, -0.1) is 0 Å². The summed E-state index contributed by atoms with van der Waals surface area (Å²) in [5.74, 6) is 0. The summed E-state index contributed by atoms with van der Waals surface area (Å²) in [4.78, 5) is 12.7. The number of piperidine rings is 1. The van der Waals surface area contributed by atoms with Crippen LogP contribution in [0.25, 0.3) is 0 Å². The van der Waals surface area contributed by atoms with E-state index in [4.69, 9.17) is 5.73 Å². The van der Waals surface area contributed by atoms with Gasteiger partial charge in [-0.05, 0) is 37.5 Å². The molecule has 0 spiro atoms. The number of nitrogens with zero attached hydrogens (tertiary/aromatic N) is 3. The summed E-state index contributed by atoms with van der Waals surface area (Å²) in [6, 6.07) is 4.79. The molecule has 21 heavy (non-hydrogen) atoms. The molecule has 2 rings (SSSR count). The Morgan fingerprint density at radius 3 is 2.76 bits per heavy atom. The van der Waals surface area contributed by atoms with Gasteiger partial charge in [-0.25, -0.2) is 0 Å². The molecular weight excluding hydrogens is 290 g/mol. The molecule has 1 aromatic rings. The Hall–Kier alpha value is -2.22. The van der Waals surface area contributed by atoms with E-state index in [0.717, 1.165) is 31.6 Å². The van der Waals surface area contributed by atoms with E-state index >= 15 is 0 Å². The molecule has 0 saturated carbocycles. The maximum absolute atomic E-state index is 10.9. The zero-order valence-corrected chi connectivity index (χ0v) is 12.3. The van der Waals surface area contributed by atoms with Crippen LogP contribution in [0, 0.1) is 10.1 Å². The molecular formula is C13H17N5O2S. The number of thiocarbonyl (C=S) groups is 1. The van der Waals surface area contributed by atoms with Crippen LogP contribution >= 0.6 is 12.2 Å². The van der Waals surface area contributed by atoms with Crippen molar-refractivity contribution in [2.45, 2.75) is 19.3 Å². The topological polar surface area (TPSA) is 96.8 Å². The van der Waals surface area contributed by atoms with Crippen molar-refractivity contribution in [3.8, 4) is 0 Å². The van der Waals surface area contributed by atoms with Crippen molar-refractivity contribution in [1.29, 1.82) is 0 Å². The molecule has 0 bridgehead atoms. The monoisotopic (exact) mass is 307 g/mol. The number of nitro groups is 1. The smallest absolute Gasteiger partial charge is 0.270 e. The van der Waals surface area contributed by atoms with Gasteiger partial charge in [-0.3, -0.25) is 15.5 Å². The maximum atomic E-state index is 10.9. The minimum Gasteiger partial charge on any atom is -0.375 e. The van der Waals surface area contributed by atoms with Gasteiger partial charge in [0.1, 0.15) is 0 Å². The highest BCUT2D eigenvalue weighted by Gasteiger charge is 2.16. The third kappa shape index (κ3) is 4.12. The zero-order chi connectivity index (χ0) is 15.2. The van der Waals surface area contributed by atoms with Gasteiger partial charge in [0, 0.05) is 36.5 Å². The van der Waals surface area contributed by atoms with Gasteiger partial charge in [0.05, 0.1) is 11.1 Å². The highest BCUT2D eigenvalue weighted by Crippen LogP contribution is 2.26. The van der Waals surface area contributed by atoms with Gasteiger partial charge in [0.15, 0.2) is 5.11 Å². The van der Waals surface area contributed by atoms with E-state index in [1.165, 1.54) is 24.8 Å². The number of hydrazone groups is 1. The van der Waals surface area contributed by atoms with Crippen molar-refractivity contribution in [1.82, 2.24) is 5.43 Å². The fourth-order valence-electron chi connectivity index (χ4n) is 2.35. The van der Waals surface area contributed by atoms with Gasteiger partial charge in [-0.2, -0.15) is 5.10 Å². The lowest BCUT2D eigenvalue weighted by atomic mass is 10.1. The first-order chi connectivity index (χ1) is 10.1. The van der Waals surface area contributed by atoms with Crippen molar-refractivity contribution in [3.63, 3.8) is 0 Å². The van der Waals surface area contributed by atoms with Gasteiger partial charge in [0.25, 0.3) is 5.69 Å². The van der Waals surface area contributed by atoms with Crippen molar-refractivity contribution < 1.29 is 4.92 Å². The second kappa shape index (κ2) is 6.98. The Labute approximate surface area is 128 Å². The van der Waals surface area contributed by atoms with Crippen LogP contribution in [0.15, 0.2) is 23.3 Å². The molecule has 1 fully saturated rings. The van der Waals surface area contributed by atoms with Crippen molar-refractivity contribution in [3.05, 3.63) is 33.9 Å². The number of rotatable bonds is 4. The van der Waals surface area contributed by atoms with Gasteiger partial charge < -0.3 is 10.6 Å². The van der Waals surface area contributed by atoms with Crippen LogP contribution in [-0.2, 0) is 0 Å². The van der Waals surface area contributed by atoms with Crippen LogP contribution in [-0.4, -0.2) is 29.3 Å². The Balaban J connectivity index is 2.30. The van der Waals surface area contributed by atoms with Gasteiger partial charge in [-0.1, -0.05) is 0 Å². The molecule has 7 nitrogen and oxygen atoms in total. The molecule has 1 aliphatic heterocycles. The average molecular weight is 307 g/mol. The van der Waals surface area contributed by atoms with Crippen LogP contribution in [0.1, 0.15) is 24.8 Å². The first-order valence-corrected chi connectivity index (χ1v) is 7.10. The predicted octanol–water partition coefficient (Wildman–Crippen LogP) is 1.75. The number of nitrogens with two attached hydrogens (primary N) is 1. The largest absolute Gasteiger partial charge is 0.375 e. The number of nitrogens with one attached hydrogen (secondary N) is 1. The van der Waals surface area contributed by atoms with Gasteiger partial charge >= 0.3 is 0 Å². The zero-order valence-electron chi connectivity index (χ0n) is 11.5. The van der Waals surface area contributed by atoms with E-state index in [1.54, 1.807) is 6.07 Å². The second-order valence-corrected chi connectivity index (χ2v) is 5.22. The van der Waals surface area contributed by atoms with Crippen LogP contribution < -0.4 is 16.1 Å². The molecule has 0 aromatic heterocycles. The number of nitro benzene ring substituents is 1. The second-order valence-electron chi connectivity index (χ2n) is 4.78. The highest BCUT2D eigenvalue weighted by atomic mass is 32.1. The number of non-ortho nitro benzene ring substituents is 1. The fourth-order valence-corrected chi connectivity index (χ4v) is 2.40. The molecule has 1 saturated heterocycles. The molecule has 1 aliphatic rings. The summed E-state index contributed by atoms with van der Waals surface area (Å²) in [5, 5.41) is 14.9. The molecule has 1 heterocycles. The standard InChI is InChI=1S/C13H17N5O2S/c14-13(21)16-15-9-10-8-11(18(19)20)4-5-12(10)17-6-2-1-3-7-17/h4-5,8-9H,1-3,6-7H2,(H3,14,16,21)/b15-9-. The Bertz CT molecular complexity index is 570. The van der Waals surface area contributed by atoms with Crippen LogP contribution in [0.4, 0.5) is 11.4 Å².